The van der Waals surface area contributed by atoms with E-state index in [1.54, 1.807) is 0 Å². The van der Waals surface area contributed by atoms with Crippen molar-refractivity contribution in [2.75, 3.05) is 19.8 Å². The molecule has 5 nitrogen and oxygen atoms in total. The van der Waals surface area contributed by atoms with E-state index in [0.29, 0.717) is 26.1 Å². The number of hydrogen-bond acceptors (Lipinski definition) is 5. The van der Waals surface area contributed by atoms with Crippen LogP contribution >= 0.6 is 0 Å². The van der Waals surface area contributed by atoms with E-state index in [1.807, 2.05) is 0 Å². The van der Waals surface area contributed by atoms with Crippen molar-refractivity contribution in [3.63, 3.8) is 0 Å². The van der Waals surface area contributed by atoms with Gasteiger partial charge in [0.25, 0.3) is 0 Å². The number of unbranched alkanes of at least 4 members (excludes halogenated alkanes) is 26. The molecule has 0 saturated carbocycles. The number of esters is 2. The molecule has 0 radical (unpaired) electrons. The van der Waals surface area contributed by atoms with Crippen LogP contribution in [0.5, 0.6) is 0 Å². The maximum absolute atomic E-state index is 12.5. The minimum atomic E-state index is -0.525. The first-order valence-corrected chi connectivity index (χ1v) is 21.2. The van der Waals surface area contributed by atoms with Crippen molar-refractivity contribution in [1.82, 2.24) is 0 Å². The Morgan fingerprint density at radius 2 is 0.812 bits per heavy atom. The van der Waals surface area contributed by atoms with Crippen LogP contribution < -0.4 is 0 Å². The predicted octanol–water partition coefficient (Wildman–Crippen LogP) is 13.6. The molecule has 0 bridgehead atoms. The first kappa shape index (κ1) is 46.6. The Balaban J connectivity index is 4.06. The zero-order valence-electron chi connectivity index (χ0n) is 32.5. The molecule has 0 heterocycles. The lowest BCUT2D eigenvalue weighted by molar-refractivity contribution is -0.163. The second kappa shape index (κ2) is 40.1. The first-order valence-electron chi connectivity index (χ1n) is 21.2. The lowest BCUT2D eigenvalue weighted by Crippen LogP contribution is -2.30. The summed E-state index contributed by atoms with van der Waals surface area (Å²) >= 11 is 0. The van der Waals surface area contributed by atoms with Gasteiger partial charge in [0.05, 0.1) is 6.61 Å². The quantitative estimate of drug-likeness (QED) is 0.0368. The Kier molecular flexibility index (Phi) is 38.9. The lowest BCUT2D eigenvalue weighted by Gasteiger charge is -2.18. The van der Waals surface area contributed by atoms with Gasteiger partial charge in [0.2, 0.25) is 0 Å². The summed E-state index contributed by atoms with van der Waals surface area (Å²) in [6, 6.07) is 0. The summed E-state index contributed by atoms with van der Waals surface area (Å²) in [5.74, 6) is -0.409. The summed E-state index contributed by atoms with van der Waals surface area (Å²) < 4.78 is 17.1. The minimum Gasteiger partial charge on any atom is -0.462 e. The molecule has 0 rings (SSSR count). The number of ether oxygens (including phenoxy) is 3. The number of carbonyl (C=O) groups excluding carboxylic acids is 2. The Morgan fingerprint density at radius 3 is 1.27 bits per heavy atom. The van der Waals surface area contributed by atoms with Crippen LogP contribution in [-0.4, -0.2) is 37.9 Å². The summed E-state index contributed by atoms with van der Waals surface area (Å²) in [5, 5.41) is 0. The first-order chi connectivity index (χ1) is 23.6. The van der Waals surface area contributed by atoms with Crippen LogP contribution in [-0.2, 0) is 23.8 Å². The zero-order valence-corrected chi connectivity index (χ0v) is 32.5. The lowest BCUT2D eigenvalue weighted by atomic mass is 10.1. The van der Waals surface area contributed by atoms with Crippen LogP contribution in [0.2, 0.25) is 0 Å². The van der Waals surface area contributed by atoms with Crippen LogP contribution in [0.1, 0.15) is 226 Å². The smallest absolute Gasteiger partial charge is 0.306 e. The van der Waals surface area contributed by atoms with Gasteiger partial charge in [0.15, 0.2) is 6.10 Å². The molecule has 0 aromatic heterocycles. The van der Waals surface area contributed by atoms with Crippen molar-refractivity contribution >= 4 is 11.9 Å². The fraction of sp³-hybridized carbons (Fsp3) is 0.907. The van der Waals surface area contributed by atoms with E-state index in [2.05, 4.69) is 32.9 Å². The Morgan fingerprint density at radius 1 is 0.438 bits per heavy atom. The third kappa shape index (κ3) is 37.5. The molecule has 0 spiro atoms. The summed E-state index contributed by atoms with van der Waals surface area (Å²) in [6.45, 7) is 7.77. The molecular weight excluding hydrogens is 596 g/mol. The maximum atomic E-state index is 12.5. The number of rotatable bonds is 39. The number of allylic oxidation sites excluding steroid dienone is 2. The van der Waals surface area contributed by atoms with Crippen LogP contribution in [0.3, 0.4) is 0 Å². The van der Waals surface area contributed by atoms with Crippen molar-refractivity contribution in [3.8, 4) is 0 Å². The van der Waals surface area contributed by atoms with E-state index in [-0.39, 0.29) is 18.5 Å². The normalized spacial score (nSPS) is 12.1. The average Bonchev–Trinajstić information content (AvgIpc) is 3.08. The molecule has 1 atom stereocenters. The largest absolute Gasteiger partial charge is 0.462 e. The Bertz CT molecular complexity index is 691. The summed E-state index contributed by atoms with van der Waals surface area (Å²) in [6.07, 6.45) is 42.2. The molecule has 0 fully saturated rings. The topological polar surface area (TPSA) is 61.8 Å². The number of carbonyl (C=O) groups is 2. The Hall–Kier alpha value is -1.36. The van der Waals surface area contributed by atoms with Gasteiger partial charge in [0.1, 0.15) is 6.61 Å². The van der Waals surface area contributed by atoms with Gasteiger partial charge < -0.3 is 14.2 Å². The van der Waals surface area contributed by atoms with Crippen LogP contribution in [0.4, 0.5) is 0 Å². The molecule has 48 heavy (non-hydrogen) atoms. The van der Waals surface area contributed by atoms with Crippen molar-refractivity contribution in [2.24, 2.45) is 0 Å². The molecule has 1 unspecified atom stereocenters. The van der Waals surface area contributed by atoms with Gasteiger partial charge in [-0.2, -0.15) is 0 Å². The number of hydrogen-bond donors (Lipinski definition) is 0. The maximum Gasteiger partial charge on any atom is 0.306 e. The van der Waals surface area contributed by atoms with Gasteiger partial charge in [-0.05, 0) is 44.9 Å². The molecule has 0 aliphatic carbocycles. The fourth-order valence-electron chi connectivity index (χ4n) is 6.09. The van der Waals surface area contributed by atoms with Gasteiger partial charge in [-0.15, -0.1) is 0 Å². The SMILES string of the molecule is CCCCCCCC/C=C\CCCCCCCC(=O)OCC(COCCCCCCCCCCCCCC)OC(=O)CCCCCCC. The molecule has 0 N–H and O–H groups in total. The standard InChI is InChI=1S/C43H82O5/c1-4-7-10-13-15-17-19-21-22-23-24-26-28-31-33-36-42(44)47-40-41(48-43(45)37-34-30-12-9-6-3)39-46-38-35-32-29-27-25-20-18-16-14-11-8-5-2/h21-22,41H,4-20,23-40H2,1-3H3/b22-21-. The highest BCUT2D eigenvalue weighted by atomic mass is 16.6. The highest BCUT2D eigenvalue weighted by Gasteiger charge is 2.17. The second-order valence-corrected chi connectivity index (χ2v) is 14.3. The molecule has 0 amide bonds. The van der Waals surface area contributed by atoms with E-state index in [1.165, 1.54) is 141 Å². The van der Waals surface area contributed by atoms with E-state index in [4.69, 9.17) is 14.2 Å². The van der Waals surface area contributed by atoms with E-state index < -0.39 is 6.10 Å². The zero-order chi connectivity index (χ0) is 35.0. The van der Waals surface area contributed by atoms with E-state index >= 15 is 0 Å². The summed E-state index contributed by atoms with van der Waals surface area (Å²) in [7, 11) is 0. The highest BCUT2D eigenvalue weighted by Crippen LogP contribution is 2.14. The monoisotopic (exact) mass is 679 g/mol. The molecule has 0 aromatic carbocycles. The molecular formula is C43H82O5. The van der Waals surface area contributed by atoms with Crippen molar-refractivity contribution < 1.29 is 23.8 Å². The molecule has 0 aromatic rings. The molecule has 5 heteroatoms. The molecule has 284 valence electrons. The summed E-state index contributed by atoms with van der Waals surface area (Å²) in [5.41, 5.74) is 0. The van der Waals surface area contributed by atoms with Crippen LogP contribution in [0.15, 0.2) is 12.2 Å². The van der Waals surface area contributed by atoms with Gasteiger partial charge >= 0.3 is 11.9 Å². The van der Waals surface area contributed by atoms with Crippen molar-refractivity contribution in [2.45, 2.75) is 232 Å². The summed E-state index contributed by atoms with van der Waals surface area (Å²) in [4.78, 5) is 24.9. The second-order valence-electron chi connectivity index (χ2n) is 14.3. The molecule has 0 aliphatic rings. The molecule has 0 saturated heterocycles. The van der Waals surface area contributed by atoms with Crippen molar-refractivity contribution in [1.29, 1.82) is 0 Å². The minimum absolute atomic E-state index is 0.0872. The van der Waals surface area contributed by atoms with Gasteiger partial charge in [-0.25, -0.2) is 0 Å². The highest BCUT2D eigenvalue weighted by molar-refractivity contribution is 5.70. The third-order valence-electron chi connectivity index (χ3n) is 9.30. The van der Waals surface area contributed by atoms with Gasteiger partial charge in [0, 0.05) is 19.4 Å². The van der Waals surface area contributed by atoms with Crippen LogP contribution in [0, 0.1) is 0 Å². The molecule has 0 aliphatic heterocycles. The van der Waals surface area contributed by atoms with Gasteiger partial charge in [-0.3, -0.25) is 9.59 Å². The third-order valence-corrected chi connectivity index (χ3v) is 9.30. The van der Waals surface area contributed by atoms with Crippen molar-refractivity contribution in [3.05, 3.63) is 12.2 Å². The van der Waals surface area contributed by atoms with Gasteiger partial charge in [-0.1, -0.05) is 181 Å². The van der Waals surface area contributed by atoms with E-state index in [9.17, 15) is 9.59 Å². The average molecular weight is 679 g/mol. The Labute approximate surface area is 299 Å². The predicted molar refractivity (Wildman–Crippen MR) is 206 cm³/mol. The van der Waals surface area contributed by atoms with E-state index in [0.717, 1.165) is 51.4 Å². The fourth-order valence-corrected chi connectivity index (χ4v) is 6.09. The van der Waals surface area contributed by atoms with Crippen LogP contribution in [0.25, 0.3) is 0 Å².